The Bertz CT molecular complexity index is 980. The molecule has 0 unspecified atom stereocenters. The molecule has 0 aliphatic heterocycles. The number of anilines is 1. The summed E-state index contributed by atoms with van der Waals surface area (Å²) in [5, 5.41) is 5.11. The Balaban J connectivity index is 1.93. The minimum atomic E-state index is -0.486. The van der Waals surface area contributed by atoms with E-state index in [1.165, 1.54) is 0 Å². The molecule has 0 atom stereocenters. The maximum atomic E-state index is 12.6. The third-order valence-corrected chi connectivity index (χ3v) is 4.51. The number of nitrogens with one attached hydrogen (secondary N) is 4. The molecule has 0 aliphatic rings. The molecule has 2 aromatic carbocycles. The van der Waals surface area contributed by atoms with Gasteiger partial charge >= 0.3 is 0 Å². The monoisotopic (exact) mass is 506 g/mol. The summed E-state index contributed by atoms with van der Waals surface area (Å²) in [6, 6.07) is 11.4. The minimum Gasteiger partial charge on any atom is -0.490 e. The van der Waals surface area contributed by atoms with E-state index in [4.69, 9.17) is 17.0 Å². The first-order valence-electron chi connectivity index (χ1n) is 9.47. The van der Waals surface area contributed by atoms with Gasteiger partial charge in [0, 0.05) is 22.1 Å². The van der Waals surface area contributed by atoms with Crippen LogP contribution < -0.4 is 26.2 Å². The molecule has 4 N–H and O–H groups in total. The van der Waals surface area contributed by atoms with E-state index in [0.717, 1.165) is 0 Å². The molecular weight excluding hydrogens is 484 g/mol. The lowest BCUT2D eigenvalue weighted by atomic mass is 10.2. The molecule has 0 aromatic heterocycles. The standard InChI is InChI=1S/C21H23BrN4O4S/c1-4-18(27)23-15-8-5-13(6-9-15)19(28)25-26-21(31)24-20(29)16-11-14(22)7-10-17(16)30-12(2)3/h5-12H,4H2,1-3H3,(H,23,27)(H,25,28)(H2,24,26,29,31). The maximum Gasteiger partial charge on any atom is 0.269 e. The van der Waals surface area contributed by atoms with E-state index >= 15 is 0 Å². The summed E-state index contributed by atoms with van der Waals surface area (Å²) in [6.45, 7) is 5.46. The summed E-state index contributed by atoms with van der Waals surface area (Å²) in [5.41, 5.74) is 6.13. The van der Waals surface area contributed by atoms with Gasteiger partial charge in [0.25, 0.3) is 11.8 Å². The zero-order valence-corrected chi connectivity index (χ0v) is 19.6. The number of benzene rings is 2. The van der Waals surface area contributed by atoms with Crippen molar-refractivity contribution in [3.63, 3.8) is 0 Å². The van der Waals surface area contributed by atoms with E-state index in [2.05, 4.69) is 37.4 Å². The zero-order chi connectivity index (χ0) is 23.0. The Morgan fingerprint density at radius 2 is 1.71 bits per heavy atom. The van der Waals surface area contributed by atoms with Crippen molar-refractivity contribution in [1.29, 1.82) is 0 Å². The number of halogens is 1. The van der Waals surface area contributed by atoms with Gasteiger partial charge in [0.1, 0.15) is 5.75 Å². The lowest BCUT2D eigenvalue weighted by molar-refractivity contribution is -0.115. The van der Waals surface area contributed by atoms with Crippen LogP contribution in [0.4, 0.5) is 5.69 Å². The Kier molecular flexibility index (Phi) is 8.95. The zero-order valence-electron chi connectivity index (χ0n) is 17.2. The first-order valence-corrected chi connectivity index (χ1v) is 10.7. The van der Waals surface area contributed by atoms with Crippen LogP contribution in [0.5, 0.6) is 5.75 Å². The van der Waals surface area contributed by atoms with Crippen molar-refractivity contribution in [3.05, 3.63) is 58.1 Å². The number of carbonyl (C=O) groups excluding carboxylic acids is 3. The van der Waals surface area contributed by atoms with Gasteiger partial charge in [-0.3, -0.25) is 30.6 Å². The SMILES string of the molecule is CCC(=O)Nc1ccc(C(=O)NNC(=S)NC(=O)c2cc(Br)ccc2OC(C)C)cc1. The second kappa shape index (κ2) is 11.4. The molecule has 0 fully saturated rings. The van der Waals surface area contributed by atoms with Crippen molar-refractivity contribution in [2.45, 2.75) is 33.3 Å². The molecule has 3 amide bonds. The fourth-order valence-electron chi connectivity index (χ4n) is 2.38. The smallest absolute Gasteiger partial charge is 0.269 e. The minimum absolute atomic E-state index is 0.0827. The number of carbonyl (C=O) groups is 3. The number of hydrogen-bond acceptors (Lipinski definition) is 5. The van der Waals surface area contributed by atoms with Crippen LogP contribution in [-0.2, 0) is 4.79 Å². The summed E-state index contributed by atoms with van der Waals surface area (Å²) in [4.78, 5) is 36.2. The van der Waals surface area contributed by atoms with E-state index < -0.39 is 11.8 Å². The van der Waals surface area contributed by atoms with Gasteiger partial charge < -0.3 is 10.1 Å². The quantitative estimate of drug-likeness (QED) is 0.352. The second-order valence-corrected chi connectivity index (χ2v) is 7.97. The molecule has 10 heteroatoms. The topological polar surface area (TPSA) is 109 Å². The van der Waals surface area contributed by atoms with Crippen LogP contribution >= 0.6 is 28.1 Å². The van der Waals surface area contributed by atoms with Gasteiger partial charge in [0.05, 0.1) is 11.7 Å². The Morgan fingerprint density at radius 1 is 1.03 bits per heavy atom. The average molecular weight is 507 g/mol. The molecule has 0 bridgehead atoms. The van der Waals surface area contributed by atoms with Gasteiger partial charge in [-0.2, -0.15) is 0 Å². The van der Waals surface area contributed by atoms with Crippen molar-refractivity contribution >= 4 is 56.7 Å². The molecule has 0 saturated carbocycles. The molecule has 0 radical (unpaired) electrons. The van der Waals surface area contributed by atoms with Crippen LogP contribution in [0.1, 0.15) is 47.9 Å². The summed E-state index contributed by atoms with van der Waals surface area (Å²) in [6.07, 6.45) is 0.249. The first kappa shape index (κ1) is 24.3. The number of hydrazine groups is 1. The van der Waals surface area contributed by atoms with Crippen LogP contribution in [-0.4, -0.2) is 28.9 Å². The molecule has 8 nitrogen and oxygen atoms in total. The van der Waals surface area contributed by atoms with Gasteiger partial charge in [-0.05, 0) is 68.5 Å². The number of ether oxygens (including phenoxy) is 1. The van der Waals surface area contributed by atoms with Gasteiger partial charge in [0.15, 0.2) is 5.11 Å². The average Bonchev–Trinajstić information content (AvgIpc) is 2.73. The van der Waals surface area contributed by atoms with Crippen LogP contribution in [0, 0.1) is 0 Å². The summed E-state index contributed by atoms with van der Waals surface area (Å²) >= 11 is 8.42. The summed E-state index contributed by atoms with van der Waals surface area (Å²) < 4.78 is 6.37. The van der Waals surface area contributed by atoms with Crippen molar-refractivity contribution in [1.82, 2.24) is 16.2 Å². The van der Waals surface area contributed by atoms with E-state index in [1.54, 1.807) is 49.4 Å². The van der Waals surface area contributed by atoms with Gasteiger partial charge in [-0.25, -0.2) is 0 Å². The molecule has 0 aliphatic carbocycles. The number of hydrogen-bond donors (Lipinski definition) is 4. The van der Waals surface area contributed by atoms with E-state index in [9.17, 15) is 14.4 Å². The third kappa shape index (κ3) is 7.65. The summed E-state index contributed by atoms with van der Waals surface area (Å²) in [7, 11) is 0. The molecule has 2 aromatic rings. The van der Waals surface area contributed by atoms with Crippen LogP contribution in [0.15, 0.2) is 46.9 Å². The highest BCUT2D eigenvalue weighted by molar-refractivity contribution is 9.10. The van der Waals surface area contributed by atoms with Gasteiger partial charge in [0.2, 0.25) is 5.91 Å². The second-order valence-electron chi connectivity index (χ2n) is 6.65. The number of amides is 3. The van der Waals surface area contributed by atoms with Crippen LogP contribution in [0.3, 0.4) is 0 Å². The largest absolute Gasteiger partial charge is 0.490 e. The Hall–Kier alpha value is -2.98. The molecule has 0 heterocycles. The predicted octanol–water partition coefficient (Wildman–Crippen LogP) is 3.53. The highest BCUT2D eigenvalue weighted by Crippen LogP contribution is 2.24. The van der Waals surface area contributed by atoms with E-state index in [1.807, 2.05) is 13.8 Å². The van der Waals surface area contributed by atoms with Gasteiger partial charge in [-0.1, -0.05) is 22.9 Å². The van der Waals surface area contributed by atoms with Crippen molar-refractivity contribution in [3.8, 4) is 5.75 Å². The van der Waals surface area contributed by atoms with E-state index in [-0.39, 0.29) is 17.1 Å². The van der Waals surface area contributed by atoms with Crippen molar-refractivity contribution in [2.75, 3.05) is 5.32 Å². The lowest BCUT2D eigenvalue weighted by Crippen LogP contribution is -2.48. The fourth-order valence-corrected chi connectivity index (χ4v) is 2.88. The van der Waals surface area contributed by atoms with Gasteiger partial charge in [-0.15, -0.1) is 0 Å². The van der Waals surface area contributed by atoms with E-state index in [0.29, 0.717) is 33.5 Å². The molecular formula is C21H23BrN4O4S. The highest BCUT2D eigenvalue weighted by Gasteiger charge is 2.16. The number of rotatable bonds is 6. The van der Waals surface area contributed by atoms with Crippen LogP contribution in [0.25, 0.3) is 0 Å². The molecule has 164 valence electrons. The third-order valence-electron chi connectivity index (χ3n) is 3.82. The maximum absolute atomic E-state index is 12.6. The normalized spacial score (nSPS) is 10.2. The highest BCUT2D eigenvalue weighted by atomic mass is 79.9. The predicted molar refractivity (Wildman–Crippen MR) is 126 cm³/mol. The fraction of sp³-hybridized carbons (Fsp3) is 0.238. The van der Waals surface area contributed by atoms with Crippen LogP contribution in [0.2, 0.25) is 0 Å². The molecule has 0 saturated heterocycles. The molecule has 31 heavy (non-hydrogen) atoms. The Morgan fingerprint density at radius 3 is 2.32 bits per heavy atom. The van der Waals surface area contributed by atoms with Crippen molar-refractivity contribution in [2.24, 2.45) is 0 Å². The van der Waals surface area contributed by atoms with Crippen molar-refractivity contribution < 1.29 is 19.1 Å². The Labute approximate surface area is 194 Å². The lowest BCUT2D eigenvalue weighted by Gasteiger charge is -2.15. The summed E-state index contributed by atoms with van der Waals surface area (Å²) in [5.74, 6) is -0.652. The molecule has 0 spiro atoms. The number of thiocarbonyl (C=S) groups is 1. The molecule has 2 rings (SSSR count). The first-order chi connectivity index (χ1) is 14.7.